The molecule has 3 aromatic carbocycles. The molecular formula is C48H54N2O6S12. The summed E-state index contributed by atoms with van der Waals surface area (Å²) >= 11 is 20.3. The van der Waals surface area contributed by atoms with Gasteiger partial charge in [0.25, 0.3) is 5.91 Å². The third kappa shape index (κ3) is 8.38. The zero-order valence-corrected chi connectivity index (χ0v) is 50.5. The molecular weight excluding hydrogens is 1090 g/mol. The van der Waals surface area contributed by atoms with Gasteiger partial charge in [-0.05, 0) is 134 Å². The van der Waals surface area contributed by atoms with Gasteiger partial charge in [-0.15, -0.1) is 151 Å². The van der Waals surface area contributed by atoms with Crippen molar-refractivity contribution in [2.24, 2.45) is 0 Å². The second kappa shape index (κ2) is 16.3. The lowest BCUT2D eigenvalue weighted by atomic mass is 9.83. The van der Waals surface area contributed by atoms with Crippen LogP contribution in [0.25, 0.3) is 0 Å². The van der Waals surface area contributed by atoms with Crippen LogP contribution in [0.3, 0.4) is 0 Å². The number of hydrogen-bond acceptors (Lipinski definition) is 16. The molecule has 1 atom stereocenters. The summed E-state index contributed by atoms with van der Waals surface area (Å²) in [6.45, 7) is 33.9. The van der Waals surface area contributed by atoms with Crippen LogP contribution >= 0.6 is 141 Å². The number of carboxylic acid groups (broad SMARTS) is 2. The van der Waals surface area contributed by atoms with Crippen LogP contribution in [-0.2, 0) is 5.21 Å². The summed E-state index contributed by atoms with van der Waals surface area (Å²) in [5.74, 6) is -1.07. The molecule has 20 heteroatoms. The first-order chi connectivity index (χ1) is 31.1. The molecule has 364 valence electrons. The van der Waals surface area contributed by atoms with Crippen molar-refractivity contribution in [1.29, 1.82) is 0 Å². The number of thioether (sulfide) groups is 12. The molecule has 1 fully saturated rings. The molecule has 1 unspecified atom stereocenters. The minimum atomic E-state index is -0.939. The highest BCUT2D eigenvalue weighted by Gasteiger charge is 2.56. The molecule has 2 radical (unpaired) electrons. The van der Waals surface area contributed by atoms with Crippen LogP contribution < -0.4 is 5.32 Å². The van der Waals surface area contributed by atoms with E-state index in [0.717, 1.165) is 86.4 Å². The van der Waals surface area contributed by atoms with Gasteiger partial charge in [0, 0.05) is 64.3 Å². The third-order valence-electron chi connectivity index (χ3n) is 12.5. The minimum Gasteiger partial charge on any atom is -0.478 e. The summed E-state index contributed by atoms with van der Waals surface area (Å²) in [6.07, 6.45) is 0.512. The number of hydroxylamine groups is 2. The van der Waals surface area contributed by atoms with Crippen molar-refractivity contribution >= 4 is 159 Å². The van der Waals surface area contributed by atoms with Gasteiger partial charge >= 0.3 is 11.9 Å². The molecule has 0 aromatic heterocycles. The molecule has 7 aliphatic heterocycles. The average molecular weight is 1140 g/mol. The number of nitrogens with one attached hydrogen (secondary N) is 1. The number of hydrogen-bond donors (Lipinski definition) is 3. The number of benzene rings is 3. The topological polar surface area (TPSA) is 127 Å². The molecule has 0 bridgehead atoms. The van der Waals surface area contributed by atoms with Crippen LogP contribution in [0.2, 0.25) is 0 Å². The Hall–Kier alpha value is 0.190. The maximum atomic E-state index is 15.5. The Labute approximate surface area is 451 Å². The Balaban J connectivity index is 1.37. The Morgan fingerprint density at radius 3 is 0.838 bits per heavy atom. The lowest BCUT2D eigenvalue weighted by molar-refractivity contribution is -0.246. The fourth-order valence-corrected chi connectivity index (χ4v) is 27.8. The van der Waals surface area contributed by atoms with Gasteiger partial charge in [-0.1, -0.05) is 0 Å². The van der Waals surface area contributed by atoms with E-state index in [1.54, 1.807) is 141 Å². The van der Waals surface area contributed by atoms with Crippen molar-refractivity contribution in [1.82, 2.24) is 10.4 Å². The third-order valence-corrected chi connectivity index (χ3v) is 29.5. The number of nitrogens with zero attached hydrogens (tertiary/aromatic N) is 1. The van der Waals surface area contributed by atoms with Gasteiger partial charge in [-0.2, -0.15) is 0 Å². The highest BCUT2D eigenvalue weighted by Crippen LogP contribution is 2.74. The van der Waals surface area contributed by atoms with E-state index in [1.165, 1.54) is 0 Å². The second-order valence-electron chi connectivity index (χ2n) is 21.8. The van der Waals surface area contributed by atoms with Gasteiger partial charge in [0.1, 0.15) is 0 Å². The summed E-state index contributed by atoms with van der Waals surface area (Å²) in [5, 5.41) is 40.7. The fraction of sp³-hybridized carbons (Fsp3) is 0.542. The summed E-state index contributed by atoms with van der Waals surface area (Å²) < 4.78 is -2.34. The standard InChI is InChI=1S/C48H54N2O6S12/c1-41(2)17-18(42(3,4)50(41)56)49-38(51)23-32-26(57-43(5,6)63-32)20(27-33(23)64-44(7,8)58-27)19(21-28-34(65-45(9,10)59-28)24(39(52)53)35-29(21)60-46(11,12)66-35)22-30-36(67-47(13,14)61-30)25(40(54)55)37-31(22)62-48(15,16)68-37/h18H,17H2,1-16H3,(H,49,51)(H,52,53)(H,54,55). The number of amides is 1. The summed E-state index contributed by atoms with van der Waals surface area (Å²) in [5.41, 5.74) is 2.90. The predicted molar refractivity (Wildman–Crippen MR) is 295 cm³/mol. The van der Waals surface area contributed by atoms with E-state index in [1.807, 2.05) is 27.7 Å². The molecule has 1 amide bonds. The molecule has 7 heterocycles. The fourth-order valence-electron chi connectivity index (χ4n) is 10.1. The number of carboxylic acids is 2. The largest absolute Gasteiger partial charge is 0.478 e. The molecule has 3 aromatic rings. The Bertz CT molecular complexity index is 2600. The molecule has 10 rings (SSSR count). The van der Waals surface area contributed by atoms with Crippen molar-refractivity contribution in [3.05, 3.63) is 39.3 Å². The van der Waals surface area contributed by atoms with Crippen molar-refractivity contribution < 1.29 is 29.8 Å². The number of aromatic carboxylic acids is 2. The average Bonchev–Trinajstić information content (AvgIpc) is 3.99. The highest BCUT2D eigenvalue weighted by atomic mass is 32.2. The van der Waals surface area contributed by atoms with Crippen molar-refractivity contribution in [3.8, 4) is 0 Å². The van der Waals surface area contributed by atoms with Crippen molar-refractivity contribution in [3.63, 3.8) is 0 Å². The normalized spacial score (nSPS) is 25.2. The van der Waals surface area contributed by atoms with Crippen LogP contribution in [0.5, 0.6) is 0 Å². The van der Waals surface area contributed by atoms with Gasteiger partial charge in [-0.3, -0.25) is 4.79 Å². The van der Waals surface area contributed by atoms with Crippen molar-refractivity contribution in [2.45, 2.75) is 218 Å². The molecule has 7 aliphatic rings. The maximum absolute atomic E-state index is 15.5. The molecule has 3 N–H and O–H groups in total. The molecule has 0 spiro atoms. The Kier molecular flexibility index (Phi) is 12.4. The van der Waals surface area contributed by atoms with E-state index >= 15 is 4.79 Å². The summed E-state index contributed by atoms with van der Waals surface area (Å²) in [4.78, 5) is 53.5. The smallest absolute Gasteiger partial charge is 0.338 e. The van der Waals surface area contributed by atoms with Crippen LogP contribution in [0.4, 0.5) is 0 Å². The molecule has 0 aliphatic carbocycles. The van der Waals surface area contributed by atoms with Gasteiger partial charge in [0.2, 0.25) is 0 Å². The molecule has 8 nitrogen and oxygen atoms in total. The maximum Gasteiger partial charge on any atom is 0.338 e. The second-order valence-corrected chi connectivity index (χ2v) is 42.9. The lowest BCUT2D eigenvalue weighted by Gasteiger charge is -2.34. The van der Waals surface area contributed by atoms with E-state index in [9.17, 15) is 25.0 Å². The summed E-state index contributed by atoms with van der Waals surface area (Å²) in [7, 11) is 0. The van der Waals surface area contributed by atoms with Gasteiger partial charge in [0.05, 0.1) is 58.7 Å². The zero-order valence-electron chi connectivity index (χ0n) is 40.7. The monoisotopic (exact) mass is 1140 g/mol. The van der Waals surface area contributed by atoms with Gasteiger partial charge in [0.15, 0.2) is 0 Å². The Morgan fingerprint density at radius 2 is 0.632 bits per heavy atom. The lowest BCUT2D eigenvalue weighted by Crippen LogP contribution is -2.52. The highest BCUT2D eigenvalue weighted by molar-refractivity contribution is 8.23. The van der Waals surface area contributed by atoms with E-state index in [-0.39, 0.29) is 14.1 Å². The predicted octanol–water partition coefficient (Wildman–Crippen LogP) is 16.4. The number of carbonyl (C=O) groups excluding carboxylic acids is 1. The van der Waals surface area contributed by atoms with Gasteiger partial charge in [-0.25, -0.2) is 9.59 Å². The number of rotatable bonds is 7. The number of fused-ring (bicyclic) bond motifs is 6. The van der Waals surface area contributed by atoms with Crippen LogP contribution in [0.1, 0.15) is 165 Å². The minimum absolute atomic E-state index is 0.184. The van der Waals surface area contributed by atoms with E-state index in [0.29, 0.717) is 23.1 Å². The number of carbonyl (C=O) groups is 3. The van der Waals surface area contributed by atoms with Crippen LogP contribution in [0, 0.1) is 5.92 Å². The SMILES string of the molecule is CC1(C)Sc2c(c(C(=O)O)c3c(c2[C](c2c4c(c(C(=O)O)c5c2SC(C)(C)S5)SC(C)(C)S4)c2c4c(c(C(=O)NC5CC(C)(C)N([O])C5(C)C)c5c2SC(C)(C)S5)SC(C)(C)S4)SC(C)(C)S3)S1. The molecule has 68 heavy (non-hydrogen) atoms. The van der Waals surface area contributed by atoms with Crippen LogP contribution in [-0.4, -0.2) is 74.7 Å². The molecule has 1 saturated heterocycles. The first-order valence-electron chi connectivity index (χ1n) is 22.2. The zero-order chi connectivity index (χ0) is 49.8. The van der Waals surface area contributed by atoms with E-state index < -0.39 is 45.4 Å². The first-order valence-corrected chi connectivity index (χ1v) is 32.0. The first kappa shape index (κ1) is 51.7. The van der Waals surface area contributed by atoms with E-state index in [2.05, 4.69) is 88.4 Å². The quantitative estimate of drug-likeness (QED) is 0.194. The Morgan fingerprint density at radius 1 is 0.412 bits per heavy atom. The summed E-state index contributed by atoms with van der Waals surface area (Å²) in [6, 6.07) is -0.392. The van der Waals surface area contributed by atoms with Gasteiger partial charge < -0.3 is 15.5 Å². The molecule has 0 saturated carbocycles. The van der Waals surface area contributed by atoms with Crippen LogP contribution in [0.15, 0.2) is 58.7 Å². The van der Waals surface area contributed by atoms with E-state index in [4.69, 9.17) is 0 Å². The van der Waals surface area contributed by atoms with Crippen molar-refractivity contribution in [2.75, 3.05) is 0 Å².